The van der Waals surface area contributed by atoms with Gasteiger partial charge in [-0.2, -0.15) is 96.6 Å². The fourth-order valence-corrected chi connectivity index (χ4v) is 1.47. The van der Waals surface area contributed by atoms with Gasteiger partial charge >= 0.3 is 60.1 Å². The van der Waals surface area contributed by atoms with Gasteiger partial charge < -0.3 is 0 Å². The standard InChI is InChI=1S/C10F22O/c11-1(12,2(13,14)4(17,18)7(22,23)24)3(15,16)5(19,20)10(31,32)33-6(21,8(25,26)27)9(28,29)30. The molecule has 0 heterocycles. The lowest BCUT2D eigenvalue weighted by atomic mass is 9.93. The summed E-state index contributed by atoms with van der Waals surface area (Å²) in [5, 5.41) is 0. The summed E-state index contributed by atoms with van der Waals surface area (Å²) in [6.45, 7) is 0. The molecule has 0 atom stereocenters. The van der Waals surface area contributed by atoms with Gasteiger partial charge in [0.25, 0.3) is 0 Å². The van der Waals surface area contributed by atoms with Crippen LogP contribution in [-0.2, 0) is 4.74 Å². The Balaban J connectivity index is 6.84. The van der Waals surface area contributed by atoms with E-state index in [1.165, 1.54) is 0 Å². The molecule has 0 aromatic heterocycles. The Kier molecular flexibility index (Phi) is 7.10. The summed E-state index contributed by atoms with van der Waals surface area (Å²) in [7, 11) is 0. The monoisotopic (exact) mass is 554 g/mol. The molecule has 0 aromatic carbocycles. The van der Waals surface area contributed by atoms with Crippen LogP contribution >= 0.6 is 0 Å². The molecule has 1 nitrogen and oxygen atoms in total. The van der Waals surface area contributed by atoms with E-state index >= 15 is 0 Å². The molecular weight excluding hydrogens is 554 g/mol. The molecule has 0 N–H and O–H groups in total. The van der Waals surface area contributed by atoms with Crippen molar-refractivity contribution in [2.75, 3.05) is 0 Å². The number of ether oxygens (including phenoxy) is 1. The van der Waals surface area contributed by atoms with E-state index in [9.17, 15) is 96.6 Å². The molecule has 23 heteroatoms. The Morgan fingerprint density at radius 2 is 0.515 bits per heavy atom. The lowest BCUT2D eigenvalue weighted by Gasteiger charge is -2.42. The molecule has 0 radical (unpaired) electrons. The molecule has 0 fully saturated rings. The van der Waals surface area contributed by atoms with Crippen LogP contribution in [0.15, 0.2) is 0 Å². The summed E-state index contributed by atoms with van der Waals surface area (Å²) in [5.74, 6) is -52.4. The van der Waals surface area contributed by atoms with Crippen molar-refractivity contribution in [2.45, 2.75) is 60.1 Å². The van der Waals surface area contributed by atoms with Gasteiger partial charge in [0.1, 0.15) is 0 Å². The highest BCUT2D eigenvalue weighted by Gasteiger charge is 2.95. The molecule has 200 valence electrons. The maximum atomic E-state index is 13.1. The third kappa shape index (κ3) is 4.21. The highest BCUT2D eigenvalue weighted by Crippen LogP contribution is 2.63. The van der Waals surface area contributed by atoms with Crippen LogP contribution in [0.2, 0.25) is 0 Å². The molecule has 0 aliphatic rings. The zero-order valence-corrected chi connectivity index (χ0v) is 13.7. The Bertz CT molecular complexity index is 690. The van der Waals surface area contributed by atoms with E-state index in [0.717, 1.165) is 4.74 Å². The minimum Gasteiger partial charge on any atom is -0.262 e. The molecule has 0 bridgehead atoms. The summed E-state index contributed by atoms with van der Waals surface area (Å²) in [6.07, 6.45) is -32.5. The van der Waals surface area contributed by atoms with Crippen molar-refractivity contribution in [3.8, 4) is 0 Å². The van der Waals surface area contributed by atoms with Gasteiger partial charge in [0.2, 0.25) is 0 Å². The van der Waals surface area contributed by atoms with Gasteiger partial charge in [-0.15, -0.1) is 0 Å². The number of hydrogen-bond acceptors (Lipinski definition) is 1. The number of hydrogen-bond donors (Lipinski definition) is 0. The number of alkyl halides is 22. The second kappa shape index (κ2) is 7.46. The largest absolute Gasteiger partial charge is 0.460 e. The normalized spacial score (nSPS) is 16.9. The average molecular weight is 554 g/mol. The highest BCUT2D eigenvalue weighted by atomic mass is 19.4. The molecule has 33 heavy (non-hydrogen) atoms. The van der Waals surface area contributed by atoms with Crippen molar-refractivity contribution in [3.63, 3.8) is 0 Å². The zero-order chi connectivity index (χ0) is 27.7. The minimum absolute atomic E-state index is 0.898. The third-order valence-corrected chi connectivity index (χ3v) is 3.30. The smallest absolute Gasteiger partial charge is 0.262 e. The summed E-state index contributed by atoms with van der Waals surface area (Å²) in [5.41, 5.74) is 0. The van der Waals surface area contributed by atoms with Crippen molar-refractivity contribution in [1.29, 1.82) is 0 Å². The van der Waals surface area contributed by atoms with Crippen molar-refractivity contribution < 1.29 is 101 Å². The van der Waals surface area contributed by atoms with Gasteiger partial charge in [0, 0.05) is 0 Å². The third-order valence-electron chi connectivity index (χ3n) is 3.30. The van der Waals surface area contributed by atoms with Crippen LogP contribution in [-0.4, -0.2) is 60.1 Å². The van der Waals surface area contributed by atoms with Crippen LogP contribution in [0.5, 0.6) is 0 Å². The summed E-state index contributed by atoms with van der Waals surface area (Å²) in [6, 6.07) is 0. The Hall–Kier alpha value is -1.58. The predicted octanol–water partition coefficient (Wildman–Crippen LogP) is 7.13. The highest BCUT2D eigenvalue weighted by molar-refractivity contribution is 5.12. The lowest BCUT2D eigenvalue weighted by Crippen LogP contribution is -2.74. The quantitative estimate of drug-likeness (QED) is 0.305. The predicted molar refractivity (Wildman–Crippen MR) is 52.8 cm³/mol. The van der Waals surface area contributed by atoms with Crippen molar-refractivity contribution in [1.82, 2.24) is 0 Å². The van der Waals surface area contributed by atoms with Gasteiger partial charge in [-0.3, -0.25) is 4.74 Å². The van der Waals surface area contributed by atoms with Crippen LogP contribution in [0.25, 0.3) is 0 Å². The minimum atomic E-state index is -9.07. The van der Waals surface area contributed by atoms with Crippen molar-refractivity contribution in [3.05, 3.63) is 0 Å². The second-order valence-electron chi connectivity index (χ2n) is 5.58. The van der Waals surface area contributed by atoms with E-state index in [1.807, 2.05) is 0 Å². The fourth-order valence-electron chi connectivity index (χ4n) is 1.47. The van der Waals surface area contributed by atoms with Crippen LogP contribution in [0, 0.1) is 0 Å². The number of halogens is 22. The Labute approximate surface area is 163 Å². The topological polar surface area (TPSA) is 9.23 Å². The van der Waals surface area contributed by atoms with E-state index < -0.39 is 60.1 Å². The molecule has 0 rings (SSSR count). The van der Waals surface area contributed by atoms with Crippen molar-refractivity contribution >= 4 is 0 Å². The van der Waals surface area contributed by atoms with Gasteiger partial charge in [-0.05, 0) is 0 Å². The first-order valence-corrected chi connectivity index (χ1v) is 6.57. The molecule has 0 aromatic rings. The Morgan fingerprint density at radius 3 is 0.758 bits per heavy atom. The zero-order valence-electron chi connectivity index (χ0n) is 13.7. The van der Waals surface area contributed by atoms with E-state index in [0.29, 0.717) is 0 Å². The maximum absolute atomic E-state index is 13.1. The molecule has 0 amide bonds. The molecule has 0 aliphatic heterocycles. The van der Waals surface area contributed by atoms with E-state index in [2.05, 4.69) is 0 Å². The van der Waals surface area contributed by atoms with Crippen LogP contribution in [0.4, 0.5) is 96.6 Å². The fraction of sp³-hybridized carbons (Fsp3) is 1.00. The van der Waals surface area contributed by atoms with Crippen LogP contribution in [0.3, 0.4) is 0 Å². The summed E-state index contributed by atoms with van der Waals surface area (Å²) in [4.78, 5) is 0. The van der Waals surface area contributed by atoms with E-state index in [4.69, 9.17) is 0 Å². The van der Waals surface area contributed by atoms with Gasteiger partial charge in [-0.1, -0.05) is 0 Å². The Morgan fingerprint density at radius 1 is 0.273 bits per heavy atom. The van der Waals surface area contributed by atoms with Gasteiger partial charge in [0.05, 0.1) is 0 Å². The van der Waals surface area contributed by atoms with Gasteiger partial charge in [0.15, 0.2) is 0 Å². The van der Waals surface area contributed by atoms with Crippen LogP contribution in [0.1, 0.15) is 0 Å². The van der Waals surface area contributed by atoms with Crippen molar-refractivity contribution in [2.24, 2.45) is 0 Å². The van der Waals surface area contributed by atoms with Gasteiger partial charge in [-0.25, -0.2) is 0 Å². The molecular formula is C10F22O. The molecule has 0 aliphatic carbocycles. The average Bonchev–Trinajstić information content (AvgIpc) is 2.50. The molecule has 0 saturated carbocycles. The first-order chi connectivity index (χ1) is 13.7. The first-order valence-electron chi connectivity index (χ1n) is 6.57. The molecule has 0 saturated heterocycles. The van der Waals surface area contributed by atoms with E-state index in [1.54, 1.807) is 0 Å². The van der Waals surface area contributed by atoms with E-state index in [-0.39, 0.29) is 0 Å². The van der Waals surface area contributed by atoms with Crippen LogP contribution < -0.4 is 0 Å². The first kappa shape index (κ1) is 31.4. The molecule has 0 unspecified atom stereocenters. The second-order valence-corrected chi connectivity index (χ2v) is 5.58. The maximum Gasteiger partial charge on any atom is 0.460 e. The molecule has 0 spiro atoms. The summed E-state index contributed by atoms with van der Waals surface area (Å²) >= 11 is 0. The summed E-state index contributed by atoms with van der Waals surface area (Å²) < 4.78 is 277. The SMILES string of the molecule is FC(F)(F)C(F)(F)C(F)(F)C(F)(F)C(F)(F)C(F)(F)C(F)(F)OC(F)(C(F)(F)F)C(F)(F)F. The lowest BCUT2D eigenvalue weighted by molar-refractivity contribution is -0.528. The number of rotatable bonds is 7.